The lowest BCUT2D eigenvalue weighted by molar-refractivity contribution is 0.0943. The molecule has 7 nitrogen and oxygen atoms in total. The molecule has 17 heavy (non-hydrogen) atoms. The van der Waals surface area contributed by atoms with Gasteiger partial charge >= 0.3 is 0 Å². The quantitative estimate of drug-likeness (QED) is 0.295. The largest absolute Gasteiger partial charge is 0.409 e. The zero-order valence-corrected chi connectivity index (χ0v) is 9.71. The van der Waals surface area contributed by atoms with Crippen LogP contribution in [0.3, 0.4) is 0 Å². The van der Waals surface area contributed by atoms with Crippen molar-refractivity contribution in [3.05, 3.63) is 24.0 Å². The molecule has 0 aliphatic carbocycles. The lowest BCUT2D eigenvalue weighted by Crippen LogP contribution is -2.42. The Bertz CT molecular complexity index is 416. The van der Waals surface area contributed by atoms with Crippen molar-refractivity contribution >= 4 is 11.7 Å². The fourth-order valence-electron chi connectivity index (χ4n) is 1.05. The molecule has 7 heteroatoms. The standard InChI is InChI=1S/C10H15N5O2/c1-10(2,9(11)15-17)6-12-8(16)7-3-4-13-14-5-7/h3-5,17H,6H2,1-2H3,(H2,11,15)(H,12,16). The number of rotatable bonds is 4. The number of amides is 1. The average Bonchev–Trinajstić information content (AvgIpc) is 2.36. The van der Waals surface area contributed by atoms with Crippen molar-refractivity contribution in [2.75, 3.05) is 6.54 Å². The second kappa shape index (κ2) is 5.24. The number of oxime groups is 1. The predicted molar refractivity (Wildman–Crippen MR) is 61.6 cm³/mol. The first-order chi connectivity index (χ1) is 7.97. The van der Waals surface area contributed by atoms with Crippen LogP contribution in [0.4, 0.5) is 0 Å². The Kier molecular flexibility index (Phi) is 3.97. The zero-order valence-electron chi connectivity index (χ0n) is 9.71. The maximum absolute atomic E-state index is 11.7. The van der Waals surface area contributed by atoms with Crippen LogP contribution in [-0.2, 0) is 0 Å². The summed E-state index contributed by atoms with van der Waals surface area (Å²) >= 11 is 0. The molecule has 0 fully saturated rings. The Morgan fingerprint density at radius 2 is 2.29 bits per heavy atom. The molecule has 1 amide bonds. The van der Waals surface area contributed by atoms with Crippen LogP contribution in [0.1, 0.15) is 24.2 Å². The van der Waals surface area contributed by atoms with Crippen LogP contribution in [0, 0.1) is 5.41 Å². The highest BCUT2D eigenvalue weighted by Crippen LogP contribution is 2.13. The van der Waals surface area contributed by atoms with Gasteiger partial charge in [-0.25, -0.2) is 0 Å². The summed E-state index contributed by atoms with van der Waals surface area (Å²) in [4.78, 5) is 11.7. The number of carbonyl (C=O) groups excluding carboxylic acids is 1. The molecule has 1 heterocycles. The molecule has 4 N–H and O–H groups in total. The molecule has 0 radical (unpaired) electrons. The van der Waals surface area contributed by atoms with Crippen LogP contribution >= 0.6 is 0 Å². The number of hydrogen-bond acceptors (Lipinski definition) is 5. The van der Waals surface area contributed by atoms with Crippen LogP contribution in [0.5, 0.6) is 0 Å². The highest BCUT2D eigenvalue weighted by molar-refractivity contribution is 5.94. The molecule has 1 rings (SSSR count). The molecule has 0 aliphatic heterocycles. The molecule has 0 aromatic carbocycles. The summed E-state index contributed by atoms with van der Waals surface area (Å²) in [5, 5.41) is 21.4. The Morgan fingerprint density at radius 1 is 1.59 bits per heavy atom. The first-order valence-corrected chi connectivity index (χ1v) is 5.00. The van der Waals surface area contributed by atoms with Gasteiger partial charge in [0.2, 0.25) is 0 Å². The molecule has 0 saturated heterocycles. The number of hydrogen-bond donors (Lipinski definition) is 3. The van der Waals surface area contributed by atoms with Crippen LogP contribution in [0.2, 0.25) is 0 Å². The van der Waals surface area contributed by atoms with E-state index in [0.29, 0.717) is 5.56 Å². The van der Waals surface area contributed by atoms with Gasteiger partial charge in [0.1, 0.15) is 5.84 Å². The van der Waals surface area contributed by atoms with E-state index in [-0.39, 0.29) is 18.3 Å². The maximum Gasteiger partial charge on any atom is 0.253 e. The molecule has 1 aromatic heterocycles. The Hall–Kier alpha value is -2.18. The van der Waals surface area contributed by atoms with Gasteiger partial charge in [-0.2, -0.15) is 10.2 Å². The third-order valence-corrected chi connectivity index (χ3v) is 2.34. The third-order valence-electron chi connectivity index (χ3n) is 2.34. The van der Waals surface area contributed by atoms with Gasteiger partial charge in [0.15, 0.2) is 0 Å². The summed E-state index contributed by atoms with van der Waals surface area (Å²) in [6.45, 7) is 3.77. The second-order valence-corrected chi connectivity index (χ2v) is 4.18. The SMILES string of the molecule is CC(C)(CNC(=O)c1ccnnc1)/C(N)=N/O. The number of aromatic nitrogens is 2. The van der Waals surface area contributed by atoms with Crippen molar-refractivity contribution < 1.29 is 10.0 Å². The van der Waals surface area contributed by atoms with Crippen LogP contribution in [0.15, 0.2) is 23.6 Å². The van der Waals surface area contributed by atoms with E-state index >= 15 is 0 Å². The van der Waals surface area contributed by atoms with Gasteiger partial charge in [0, 0.05) is 12.0 Å². The van der Waals surface area contributed by atoms with Crippen LogP contribution < -0.4 is 11.1 Å². The van der Waals surface area contributed by atoms with Gasteiger partial charge < -0.3 is 16.3 Å². The zero-order chi connectivity index (χ0) is 12.9. The van der Waals surface area contributed by atoms with Crippen molar-refractivity contribution in [3.8, 4) is 0 Å². The molecular formula is C10H15N5O2. The molecular weight excluding hydrogens is 222 g/mol. The smallest absolute Gasteiger partial charge is 0.253 e. The topological polar surface area (TPSA) is 113 Å². The van der Waals surface area contributed by atoms with E-state index in [1.807, 2.05) is 0 Å². The predicted octanol–water partition coefficient (Wildman–Crippen LogP) is -0.0210. The maximum atomic E-state index is 11.7. The fourth-order valence-corrected chi connectivity index (χ4v) is 1.05. The lowest BCUT2D eigenvalue weighted by Gasteiger charge is -2.22. The molecule has 0 bridgehead atoms. The number of nitrogens with one attached hydrogen (secondary N) is 1. The van der Waals surface area contributed by atoms with Crippen molar-refractivity contribution in [1.82, 2.24) is 15.5 Å². The first kappa shape index (κ1) is 12.9. The Labute approximate surface area is 98.7 Å². The molecule has 0 saturated carbocycles. The van der Waals surface area contributed by atoms with E-state index < -0.39 is 5.41 Å². The number of nitrogens with zero attached hydrogens (tertiary/aromatic N) is 3. The van der Waals surface area contributed by atoms with Crippen molar-refractivity contribution in [2.45, 2.75) is 13.8 Å². The molecule has 1 aromatic rings. The minimum Gasteiger partial charge on any atom is -0.409 e. The first-order valence-electron chi connectivity index (χ1n) is 5.00. The van der Waals surface area contributed by atoms with E-state index in [0.717, 1.165) is 0 Å². The van der Waals surface area contributed by atoms with Gasteiger partial charge in [0.25, 0.3) is 5.91 Å². The summed E-state index contributed by atoms with van der Waals surface area (Å²) in [5.74, 6) is -0.218. The van der Waals surface area contributed by atoms with E-state index in [1.165, 1.54) is 12.4 Å². The van der Waals surface area contributed by atoms with Gasteiger partial charge in [-0.1, -0.05) is 19.0 Å². The highest BCUT2D eigenvalue weighted by atomic mass is 16.4. The normalized spacial score (nSPS) is 12.2. The third kappa shape index (κ3) is 3.40. The lowest BCUT2D eigenvalue weighted by atomic mass is 9.92. The van der Waals surface area contributed by atoms with Gasteiger partial charge in [-0.3, -0.25) is 4.79 Å². The van der Waals surface area contributed by atoms with Crippen molar-refractivity contribution in [2.24, 2.45) is 16.3 Å². The molecule has 0 unspecified atom stereocenters. The summed E-state index contributed by atoms with van der Waals surface area (Å²) in [5.41, 5.74) is 5.29. The number of carbonyl (C=O) groups is 1. The molecule has 0 aliphatic rings. The Balaban J connectivity index is 2.61. The molecule has 92 valence electrons. The number of amidine groups is 1. The molecule has 0 spiro atoms. The average molecular weight is 237 g/mol. The Morgan fingerprint density at radius 3 is 2.82 bits per heavy atom. The summed E-state index contributed by atoms with van der Waals surface area (Å²) in [6, 6.07) is 1.55. The summed E-state index contributed by atoms with van der Waals surface area (Å²) in [7, 11) is 0. The van der Waals surface area contributed by atoms with E-state index in [9.17, 15) is 4.79 Å². The fraction of sp³-hybridized carbons (Fsp3) is 0.400. The van der Waals surface area contributed by atoms with Crippen molar-refractivity contribution in [3.63, 3.8) is 0 Å². The second-order valence-electron chi connectivity index (χ2n) is 4.18. The monoisotopic (exact) mass is 237 g/mol. The minimum atomic E-state index is -0.620. The van der Waals surface area contributed by atoms with Crippen molar-refractivity contribution in [1.29, 1.82) is 0 Å². The minimum absolute atomic E-state index is 0.0608. The summed E-state index contributed by atoms with van der Waals surface area (Å²) in [6.07, 6.45) is 2.80. The van der Waals surface area contributed by atoms with E-state index in [2.05, 4.69) is 20.7 Å². The highest BCUT2D eigenvalue weighted by Gasteiger charge is 2.24. The van der Waals surface area contributed by atoms with Gasteiger partial charge in [0.05, 0.1) is 18.0 Å². The molecule has 0 atom stereocenters. The van der Waals surface area contributed by atoms with Crippen LogP contribution in [-0.4, -0.2) is 33.7 Å². The van der Waals surface area contributed by atoms with E-state index in [1.54, 1.807) is 19.9 Å². The number of nitrogens with two attached hydrogens (primary N) is 1. The van der Waals surface area contributed by atoms with Gasteiger partial charge in [-0.05, 0) is 6.07 Å². The summed E-state index contributed by atoms with van der Waals surface area (Å²) < 4.78 is 0. The van der Waals surface area contributed by atoms with E-state index in [4.69, 9.17) is 10.9 Å². The van der Waals surface area contributed by atoms with Gasteiger partial charge in [-0.15, -0.1) is 0 Å². The van der Waals surface area contributed by atoms with Crippen LogP contribution in [0.25, 0.3) is 0 Å².